The van der Waals surface area contributed by atoms with Crippen molar-refractivity contribution in [3.8, 4) is 0 Å². The maximum Gasteiger partial charge on any atom is 0.227 e. The molecule has 0 spiro atoms. The molecule has 128 valence electrons. The van der Waals surface area contributed by atoms with E-state index < -0.39 is 0 Å². The second kappa shape index (κ2) is 8.49. The van der Waals surface area contributed by atoms with Crippen LogP contribution in [0.15, 0.2) is 30.3 Å². The van der Waals surface area contributed by atoms with Crippen molar-refractivity contribution in [2.24, 2.45) is 17.8 Å². The number of likely N-dealkylation sites (tertiary alicyclic amines) is 1. The lowest BCUT2D eigenvalue weighted by Crippen LogP contribution is -2.41. The van der Waals surface area contributed by atoms with E-state index in [0.29, 0.717) is 17.7 Å². The van der Waals surface area contributed by atoms with Gasteiger partial charge >= 0.3 is 0 Å². The highest BCUT2D eigenvalue weighted by Crippen LogP contribution is 2.22. The third kappa shape index (κ3) is 5.65. The number of hydrogen-bond acceptors (Lipinski definition) is 2. The molecule has 0 radical (unpaired) electrons. The van der Waals surface area contributed by atoms with Crippen molar-refractivity contribution in [1.29, 1.82) is 0 Å². The maximum atomic E-state index is 12.9. The number of rotatable bonds is 7. The van der Waals surface area contributed by atoms with Gasteiger partial charge in [-0.3, -0.25) is 9.69 Å². The molecule has 1 aromatic carbocycles. The molecule has 1 aromatic rings. The summed E-state index contributed by atoms with van der Waals surface area (Å²) in [5.74, 6) is 1.60. The Morgan fingerprint density at radius 1 is 1.13 bits per heavy atom. The summed E-state index contributed by atoms with van der Waals surface area (Å²) >= 11 is 0. The van der Waals surface area contributed by atoms with Crippen LogP contribution in [0.1, 0.15) is 39.7 Å². The molecule has 3 heteroatoms. The molecule has 1 atom stereocenters. The van der Waals surface area contributed by atoms with Crippen LogP contribution in [0.3, 0.4) is 0 Å². The molecule has 1 aliphatic heterocycles. The quantitative estimate of drug-likeness (QED) is 0.766. The van der Waals surface area contributed by atoms with Gasteiger partial charge in [0.1, 0.15) is 0 Å². The highest BCUT2D eigenvalue weighted by atomic mass is 16.2. The average molecular weight is 316 g/mol. The van der Waals surface area contributed by atoms with Crippen LogP contribution < -0.4 is 0 Å². The first kappa shape index (κ1) is 18.0. The van der Waals surface area contributed by atoms with Crippen molar-refractivity contribution in [2.45, 2.75) is 40.7 Å². The van der Waals surface area contributed by atoms with Crippen LogP contribution >= 0.6 is 0 Å². The zero-order valence-corrected chi connectivity index (χ0v) is 15.2. The first-order valence-corrected chi connectivity index (χ1v) is 9.00. The van der Waals surface area contributed by atoms with Crippen LogP contribution in [0.4, 0.5) is 0 Å². The smallest absolute Gasteiger partial charge is 0.227 e. The van der Waals surface area contributed by atoms with Gasteiger partial charge in [0.05, 0.1) is 5.92 Å². The number of hydrogen-bond donors (Lipinski definition) is 0. The van der Waals surface area contributed by atoms with E-state index in [-0.39, 0.29) is 5.92 Å². The van der Waals surface area contributed by atoms with Crippen molar-refractivity contribution in [2.75, 3.05) is 26.2 Å². The SMILES string of the molecule is CC(C)CN(CC(C)C)C(=O)C1CCN(Cc2ccccc2)C1. The first-order valence-electron chi connectivity index (χ1n) is 9.00. The van der Waals surface area contributed by atoms with Gasteiger partial charge in [-0.15, -0.1) is 0 Å². The number of carbonyl (C=O) groups excluding carboxylic acids is 1. The maximum absolute atomic E-state index is 12.9. The van der Waals surface area contributed by atoms with Gasteiger partial charge in [0.15, 0.2) is 0 Å². The predicted octanol–water partition coefficient (Wildman–Crippen LogP) is 3.65. The highest BCUT2D eigenvalue weighted by molar-refractivity contribution is 5.79. The molecule has 23 heavy (non-hydrogen) atoms. The zero-order chi connectivity index (χ0) is 16.8. The molecular weight excluding hydrogens is 284 g/mol. The van der Waals surface area contributed by atoms with Gasteiger partial charge in [0.2, 0.25) is 5.91 Å². The monoisotopic (exact) mass is 316 g/mol. The Balaban J connectivity index is 1.91. The lowest BCUT2D eigenvalue weighted by atomic mass is 10.0. The molecule has 0 saturated carbocycles. The van der Waals surface area contributed by atoms with E-state index in [2.05, 4.69) is 67.8 Å². The number of benzene rings is 1. The number of amides is 1. The highest BCUT2D eigenvalue weighted by Gasteiger charge is 2.31. The molecule has 1 saturated heterocycles. The molecule has 1 fully saturated rings. The van der Waals surface area contributed by atoms with Gasteiger partial charge in [-0.2, -0.15) is 0 Å². The fourth-order valence-corrected chi connectivity index (χ4v) is 3.41. The summed E-state index contributed by atoms with van der Waals surface area (Å²) in [6, 6.07) is 10.6. The van der Waals surface area contributed by atoms with Gasteiger partial charge < -0.3 is 4.90 Å². The minimum Gasteiger partial charge on any atom is -0.342 e. The van der Waals surface area contributed by atoms with E-state index in [9.17, 15) is 4.79 Å². The van der Waals surface area contributed by atoms with Crippen LogP contribution in [0.2, 0.25) is 0 Å². The van der Waals surface area contributed by atoms with E-state index >= 15 is 0 Å². The summed E-state index contributed by atoms with van der Waals surface area (Å²) in [5.41, 5.74) is 1.34. The molecular formula is C20H32N2O. The summed E-state index contributed by atoms with van der Waals surface area (Å²) in [7, 11) is 0. The van der Waals surface area contributed by atoms with Gasteiger partial charge in [-0.1, -0.05) is 58.0 Å². The van der Waals surface area contributed by atoms with Crippen molar-refractivity contribution in [1.82, 2.24) is 9.80 Å². The van der Waals surface area contributed by atoms with Crippen LogP contribution in [0.25, 0.3) is 0 Å². The number of carbonyl (C=O) groups is 1. The lowest BCUT2D eigenvalue weighted by Gasteiger charge is -2.29. The fraction of sp³-hybridized carbons (Fsp3) is 0.650. The lowest BCUT2D eigenvalue weighted by molar-refractivity contribution is -0.136. The summed E-state index contributed by atoms with van der Waals surface area (Å²) in [5, 5.41) is 0. The molecule has 1 aliphatic rings. The largest absolute Gasteiger partial charge is 0.342 e. The van der Waals surface area contributed by atoms with E-state index in [1.54, 1.807) is 0 Å². The summed E-state index contributed by atoms with van der Waals surface area (Å²) < 4.78 is 0. The third-order valence-corrected chi connectivity index (χ3v) is 4.35. The van der Waals surface area contributed by atoms with Crippen molar-refractivity contribution < 1.29 is 4.79 Å². The molecule has 0 aliphatic carbocycles. The van der Waals surface area contributed by atoms with E-state index in [0.717, 1.165) is 39.1 Å². The van der Waals surface area contributed by atoms with E-state index in [1.165, 1.54) is 5.56 Å². The van der Waals surface area contributed by atoms with Gasteiger partial charge in [0.25, 0.3) is 0 Å². The van der Waals surface area contributed by atoms with Crippen molar-refractivity contribution in [3.05, 3.63) is 35.9 Å². The molecule has 0 N–H and O–H groups in total. The standard InChI is InChI=1S/C20H32N2O/c1-16(2)12-22(13-17(3)4)20(23)19-10-11-21(15-19)14-18-8-6-5-7-9-18/h5-9,16-17,19H,10-15H2,1-4H3. The van der Waals surface area contributed by atoms with Crippen LogP contribution in [0.5, 0.6) is 0 Å². The summed E-state index contributed by atoms with van der Waals surface area (Å²) in [6.07, 6.45) is 0.998. The topological polar surface area (TPSA) is 23.6 Å². The second-order valence-corrected chi connectivity index (χ2v) is 7.74. The van der Waals surface area contributed by atoms with Crippen LogP contribution in [-0.4, -0.2) is 41.9 Å². The molecule has 1 heterocycles. The molecule has 0 aromatic heterocycles. The van der Waals surface area contributed by atoms with Gasteiger partial charge in [0, 0.05) is 26.2 Å². The Bertz CT molecular complexity index is 474. The Labute approximate surface area is 141 Å². The molecule has 2 rings (SSSR count). The van der Waals surface area contributed by atoms with E-state index in [4.69, 9.17) is 0 Å². The minimum absolute atomic E-state index is 0.177. The van der Waals surface area contributed by atoms with E-state index in [1.807, 2.05) is 0 Å². The Morgan fingerprint density at radius 2 is 1.74 bits per heavy atom. The average Bonchev–Trinajstić information content (AvgIpc) is 2.94. The summed E-state index contributed by atoms with van der Waals surface area (Å²) in [6.45, 7) is 13.4. The molecule has 1 amide bonds. The fourth-order valence-electron chi connectivity index (χ4n) is 3.41. The molecule has 0 bridgehead atoms. The second-order valence-electron chi connectivity index (χ2n) is 7.74. The first-order chi connectivity index (χ1) is 11.0. The van der Waals surface area contributed by atoms with Crippen molar-refractivity contribution >= 4 is 5.91 Å². The summed E-state index contributed by atoms with van der Waals surface area (Å²) in [4.78, 5) is 17.4. The van der Waals surface area contributed by atoms with Gasteiger partial charge in [-0.05, 0) is 30.4 Å². The van der Waals surface area contributed by atoms with Crippen molar-refractivity contribution in [3.63, 3.8) is 0 Å². The van der Waals surface area contributed by atoms with Gasteiger partial charge in [-0.25, -0.2) is 0 Å². The predicted molar refractivity (Wildman–Crippen MR) is 96.1 cm³/mol. The van der Waals surface area contributed by atoms with Crippen LogP contribution in [-0.2, 0) is 11.3 Å². The molecule has 3 nitrogen and oxygen atoms in total. The third-order valence-electron chi connectivity index (χ3n) is 4.35. The Hall–Kier alpha value is -1.35. The van der Waals surface area contributed by atoms with Crippen LogP contribution in [0, 0.1) is 17.8 Å². The Kier molecular flexibility index (Phi) is 6.64. The zero-order valence-electron chi connectivity index (χ0n) is 15.2. The minimum atomic E-state index is 0.177. The normalized spacial score (nSPS) is 18.8. The molecule has 1 unspecified atom stereocenters. The Morgan fingerprint density at radius 3 is 2.30 bits per heavy atom. The number of nitrogens with zero attached hydrogens (tertiary/aromatic N) is 2.